The van der Waals surface area contributed by atoms with Crippen molar-refractivity contribution in [2.75, 3.05) is 6.61 Å². The summed E-state index contributed by atoms with van der Waals surface area (Å²) in [5, 5.41) is 12.8. The minimum atomic E-state index is -0.0712. The van der Waals surface area contributed by atoms with Gasteiger partial charge in [-0.15, -0.1) is 0 Å². The summed E-state index contributed by atoms with van der Waals surface area (Å²) in [5.74, 6) is 0.819. The monoisotopic (exact) mass is 225 g/mol. The van der Waals surface area contributed by atoms with Gasteiger partial charge in [0.05, 0.1) is 18.9 Å². The summed E-state index contributed by atoms with van der Waals surface area (Å²) in [5.41, 5.74) is 0. The van der Waals surface area contributed by atoms with E-state index in [0.29, 0.717) is 6.04 Å². The Balaban J connectivity index is 2.53. The average molecular weight is 225 g/mol. The number of hydrogen-bond donors (Lipinski definition) is 2. The second kappa shape index (κ2) is 7.47. The SMILES string of the molecule is CCCC(CCC)NC(CO)c1ccco1. The van der Waals surface area contributed by atoms with Crippen LogP contribution < -0.4 is 5.32 Å². The summed E-state index contributed by atoms with van der Waals surface area (Å²) in [6.45, 7) is 4.45. The van der Waals surface area contributed by atoms with Gasteiger partial charge in [-0.05, 0) is 25.0 Å². The van der Waals surface area contributed by atoms with Gasteiger partial charge < -0.3 is 14.8 Å². The summed E-state index contributed by atoms with van der Waals surface area (Å²) >= 11 is 0. The number of aliphatic hydroxyl groups is 1. The molecule has 0 bridgehead atoms. The lowest BCUT2D eigenvalue weighted by Gasteiger charge is -2.22. The Bertz CT molecular complexity index is 253. The van der Waals surface area contributed by atoms with Crippen molar-refractivity contribution < 1.29 is 9.52 Å². The number of furan rings is 1. The third-order valence-corrected chi connectivity index (χ3v) is 2.78. The van der Waals surface area contributed by atoms with Crippen molar-refractivity contribution in [1.29, 1.82) is 0 Å². The fourth-order valence-corrected chi connectivity index (χ4v) is 2.01. The van der Waals surface area contributed by atoms with Crippen molar-refractivity contribution in [1.82, 2.24) is 5.32 Å². The summed E-state index contributed by atoms with van der Waals surface area (Å²) in [6.07, 6.45) is 6.26. The molecule has 1 aromatic heterocycles. The van der Waals surface area contributed by atoms with E-state index in [4.69, 9.17) is 4.42 Å². The van der Waals surface area contributed by atoms with Crippen molar-refractivity contribution in [3.63, 3.8) is 0 Å². The zero-order valence-corrected chi connectivity index (χ0v) is 10.3. The number of nitrogens with one attached hydrogen (secondary N) is 1. The molecular weight excluding hydrogens is 202 g/mol. The van der Waals surface area contributed by atoms with Crippen molar-refractivity contribution in [2.45, 2.75) is 51.6 Å². The minimum Gasteiger partial charge on any atom is -0.468 e. The molecule has 1 aromatic rings. The highest BCUT2D eigenvalue weighted by Crippen LogP contribution is 2.16. The highest BCUT2D eigenvalue weighted by Gasteiger charge is 2.17. The highest BCUT2D eigenvalue weighted by atomic mass is 16.3. The Kier molecular flexibility index (Phi) is 6.19. The lowest BCUT2D eigenvalue weighted by atomic mass is 10.0. The van der Waals surface area contributed by atoms with E-state index in [1.807, 2.05) is 12.1 Å². The van der Waals surface area contributed by atoms with Gasteiger partial charge in [-0.2, -0.15) is 0 Å². The molecule has 1 atom stereocenters. The average Bonchev–Trinajstić information content (AvgIpc) is 2.79. The molecule has 0 aliphatic carbocycles. The molecule has 3 nitrogen and oxygen atoms in total. The number of rotatable bonds is 8. The van der Waals surface area contributed by atoms with Crippen molar-refractivity contribution in [3.8, 4) is 0 Å². The van der Waals surface area contributed by atoms with Crippen LogP contribution in [0.3, 0.4) is 0 Å². The Labute approximate surface area is 97.9 Å². The Hall–Kier alpha value is -0.800. The van der Waals surface area contributed by atoms with Gasteiger partial charge in [-0.3, -0.25) is 0 Å². The third kappa shape index (κ3) is 3.99. The van der Waals surface area contributed by atoms with Gasteiger partial charge in [0.15, 0.2) is 0 Å². The van der Waals surface area contributed by atoms with Gasteiger partial charge in [0.1, 0.15) is 5.76 Å². The van der Waals surface area contributed by atoms with E-state index in [1.165, 1.54) is 0 Å². The van der Waals surface area contributed by atoms with Crippen LogP contribution in [0.5, 0.6) is 0 Å². The van der Waals surface area contributed by atoms with Gasteiger partial charge in [-0.25, -0.2) is 0 Å². The molecule has 0 saturated carbocycles. The van der Waals surface area contributed by atoms with Crippen molar-refractivity contribution in [3.05, 3.63) is 24.2 Å². The number of hydrogen-bond acceptors (Lipinski definition) is 3. The molecule has 3 heteroatoms. The van der Waals surface area contributed by atoms with Crippen LogP contribution in [-0.4, -0.2) is 17.8 Å². The van der Waals surface area contributed by atoms with Gasteiger partial charge in [0.25, 0.3) is 0 Å². The molecule has 1 heterocycles. The maximum Gasteiger partial charge on any atom is 0.123 e. The molecule has 0 amide bonds. The quantitative estimate of drug-likeness (QED) is 0.715. The molecule has 92 valence electrons. The Morgan fingerprint density at radius 3 is 2.44 bits per heavy atom. The van der Waals surface area contributed by atoms with E-state index in [9.17, 15) is 5.11 Å². The second-order valence-corrected chi connectivity index (χ2v) is 4.19. The van der Waals surface area contributed by atoms with Crippen LogP contribution in [0.4, 0.5) is 0 Å². The first-order valence-electron chi connectivity index (χ1n) is 6.22. The first-order chi connectivity index (χ1) is 7.81. The molecule has 2 N–H and O–H groups in total. The largest absolute Gasteiger partial charge is 0.468 e. The van der Waals surface area contributed by atoms with Crippen molar-refractivity contribution in [2.24, 2.45) is 0 Å². The van der Waals surface area contributed by atoms with Gasteiger partial charge >= 0.3 is 0 Å². The summed E-state index contributed by atoms with van der Waals surface area (Å²) in [4.78, 5) is 0. The molecule has 0 radical (unpaired) electrons. The van der Waals surface area contributed by atoms with E-state index in [2.05, 4.69) is 19.2 Å². The normalized spacial score (nSPS) is 13.2. The van der Waals surface area contributed by atoms with Crippen LogP contribution >= 0.6 is 0 Å². The fraction of sp³-hybridized carbons (Fsp3) is 0.692. The first kappa shape index (κ1) is 13.3. The second-order valence-electron chi connectivity index (χ2n) is 4.19. The predicted molar refractivity (Wildman–Crippen MR) is 65.3 cm³/mol. The molecular formula is C13H23NO2. The smallest absolute Gasteiger partial charge is 0.123 e. The maximum absolute atomic E-state index is 9.36. The van der Waals surface area contributed by atoms with Crippen LogP contribution in [0.15, 0.2) is 22.8 Å². The molecule has 1 rings (SSSR count). The molecule has 0 aliphatic heterocycles. The van der Waals surface area contributed by atoms with E-state index in [0.717, 1.165) is 31.4 Å². The molecule has 0 aliphatic rings. The van der Waals surface area contributed by atoms with Gasteiger partial charge in [0, 0.05) is 6.04 Å². The topological polar surface area (TPSA) is 45.4 Å². The van der Waals surface area contributed by atoms with Crippen LogP contribution in [0.25, 0.3) is 0 Å². The summed E-state index contributed by atoms with van der Waals surface area (Å²) in [7, 11) is 0. The van der Waals surface area contributed by atoms with Gasteiger partial charge in [-0.1, -0.05) is 26.7 Å². The number of aliphatic hydroxyl groups excluding tert-OH is 1. The summed E-state index contributed by atoms with van der Waals surface area (Å²) < 4.78 is 5.32. The van der Waals surface area contributed by atoms with E-state index in [1.54, 1.807) is 6.26 Å². The zero-order valence-electron chi connectivity index (χ0n) is 10.3. The molecule has 1 unspecified atom stereocenters. The van der Waals surface area contributed by atoms with Crippen molar-refractivity contribution >= 4 is 0 Å². The predicted octanol–water partition coefficient (Wildman–Crippen LogP) is 2.87. The van der Waals surface area contributed by atoms with E-state index < -0.39 is 0 Å². The molecule has 0 fully saturated rings. The minimum absolute atomic E-state index is 0.0712. The molecule has 0 aromatic carbocycles. The lowest BCUT2D eigenvalue weighted by Crippen LogP contribution is -2.34. The third-order valence-electron chi connectivity index (χ3n) is 2.78. The fourth-order valence-electron chi connectivity index (χ4n) is 2.01. The highest BCUT2D eigenvalue weighted by molar-refractivity contribution is 5.04. The van der Waals surface area contributed by atoms with E-state index in [-0.39, 0.29) is 12.6 Å². The standard InChI is InChI=1S/C13H23NO2/c1-3-6-11(7-4-2)14-12(10-15)13-8-5-9-16-13/h5,8-9,11-12,14-15H,3-4,6-7,10H2,1-2H3. The zero-order chi connectivity index (χ0) is 11.8. The van der Waals surface area contributed by atoms with Crippen LogP contribution in [0, 0.1) is 0 Å². The van der Waals surface area contributed by atoms with Crippen LogP contribution in [0.2, 0.25) is 0 Å². The van der Waals surface area contributed by atoms with Crippen LogP contribution in [-0.2, 0) is 0 Å². The first-order valence-corrected chi connectivity index (χ1v) is 6.22. The Morgan fingerprint density at radius 1 is 1.31 bits per heavy atom. The van der Waals surface area contributed by atoms with Crippen LogP contribution in [0.1, 0.15) is 51.3 Å². The maximum atomic E-state index is 9.36. The molecule has 0 saturated heterocycles. The molecule has 16 heavy (non-hydrogen) atoms. The Morgan fingerprint density at radius 2 is 2.00 bits per heavy atom. The van der Waals surface area contributed by atoms with Gasteiger partial charge in [0.2, 0.25) is 0 Å². The lowest BCUT2D eigenvalue weighted by molar-refractivity contribution is 0.209. The summed E-state index contributed by atoms with van der Waals surface area (Å²) in [6, 6.07) is 4.16. The van der Waals surface area contributed by atoms with E-state index >= 15 is 0 Å². The molecule has 0 spiro atoms.